The van der Waals surface area contributed by atoms with Crippen LogP contribution in [-0.4, -0.2) is 32.4 Å². The van der Waals surface area contributed by atoms with Gasteiger partial charge in [-0.3, -0.25) is 0 Å². The third-order valence-corrected chi connectivity index (χ3v) is 6.09. The Kier molecular flexibility index (Phi) is 7.30. The molecule has 0 aliphatic heterocycles. The van der Waals surface area contributed by atoms with Gasteiger partial charge in [-0.05, 0) is 28.1 Å². The van der Waals surface area contributed by atoms with Crippen molar-refractivity contribution in [3.8, 4) is 5.69 Å². The number of benzene rings is 1. The number of nitrogens with zero attached hydrogens (tertiary/aromatic N) is 3. The van der Waals surface area contributed by atoms with Gasteiger partial charge in [0.2, 0.25) is 6.33 Å². The van der Waals surface area contributed by atoms with E-state index in [-0.39, 0.29) is 0 Å². The van der Waals surface area contributed by atoms with Crippen molar-refractivity contribution in [2.75, 3.05) is 0 Å². The molecule has 1 heterocycles. The topological polar surface area (TPSA) is 91.2 Å². The van der Waals surface area contributed by atoms with Crippen molar-refractivity contribution in [1.82, 2.24) is 4.57 Å². The van der Waals surface area contributed by atoms with E-state index >= 15 is 0 Å². The van der Waals surface area contributed by atoms with Crippen LogP contribution in [0, 0.1) is 0 Å². The molecule has 0 saturated carbocycles. The third kappa shape index (κ3) is 6.18. The highest BCUT2D eigenvalue weighted by Gasteiger charge is 2.46. The SMILES string of the molecule is C[n+]1ccn(-c2ccccc2Br)c1.O=S(=O)([N-]S(=O)(=O)C(F)(F)F)C(F)(F)F. The smallest absolute Gasteiger partial charge is 0.421 e. The molecule has 158 valence electrons. The number of hydrogen-bond donors (Lipinski definition) is 0. The summed E-state index contributed by atoms with van der Waals surface area (Å²) in [5.74, 6) is 0. The largest absolute Gasteiger partial charge is 0.480 e. The molecule has 28 heavy (non-hydrogen) atoms. The first kappa shape index (κ1) is 24.4. The number of para-hydroxylation sites is 1. The van der Waals surface area contributed by atoms with Gasteiger partial charge in [0.15, 0.2) is 20.0 Å². The van der Waals surface area contributed by atoms with E-state index in [1.54, 1.807) is 0 Å². The molecule has 0 saturated heterocycles. The maximum Gasteiger partial charge on any atom is 0.480 e. The Labute approximate surface area is 163 Å². The molecule has 1 aromatic carbocycles. The van der Waals surface area contributed by atoms with Crippen LogP contribution >= 0.6 is 15.9 Å². The van der Waals surface area contributed by atoms with Gasteiger partial charge in [0, 0.05) is 0 Å². The normalized spacial score (nSPS) is 13.0. The van der Waals surface area contributed by atoms with Crippen LogP contribution in [0.2, 0.25) is 0 Å². The van der Waals surface area contributed by atoms with Crippen LogP contribution in [0.15, 0.2) is 47.5 Å². The molecule has 0 N–H and O–H groups in total. The molecule has 7 nitrogen and oxygen atoms in total. The lowest BCUT2D eigenvalue weighted by atomic mass is 10.3. The summed E-state index contributed by atoms with van der Waals surface area (Å²) in [6.07, 6.45) is 6.07. The number of rotatable bonds is 3. The maximum atomic E-state index is 11.4. The number of hydrogen-bond acceptors (Lipinski definition) is 4. The first-order valence-corrected chi connectivity index (χ1v) is 10.3. The highest BCUT2D eigenvalue weighted by molar-refractivity contribution is 9.10. The Morgan fingerprint density at radius 3 is 1.79 bits per heavy atom. The third-order valence-electron chi connectivity index (χ3n) is 2.68. The molecule has 2 rings (SSSR count). The molecule has 0 spiro atoms. The average molecular weight is 518 g/mol. The Bertz CT molecular complexity index is 990. The van der Waals surface area contributed by atoms with Gasteiger partial charge in [-0.25, -0.2) is 26.0 Å². The van der Waals surface area contributed by atoms with Crippen LogP contribution in [0.3, 0.4) is 0 Å². The summed E-state index contributed by atoms with van der Waals surface area (Å²) in [5, 5.41) is 0. The van der Waals surface area contributed by atoms with Gasteiger partial charge in [0.05, 0.1) is 11.5 Å². The first-order chi connectivity index (χ1) is 12.5. The van der Waals surface area contributed by atoms with Gasteiger partial charge >= 0.3 is 11.0 Å². The van der Waals surface area contributed by atoms with Gasteiger partial charge in [-0.2, -0.15) is 26.3 Å². The van der Waals surface area contributed by atoms with E-state index in [4.69, 9.17) is 0 Å². The number of sulfonamides is 2. The Morgan fingerprint density at radius 1 is 0.964 bits per heavy atom. The van der Waals surface area contributed by atoms with Gasteiger partial charge < -0.3 is 4.13 Å². The predicted octanol–water partition coefficient (Wildman–Crippen LogP) is 3.12. The molecule has 0 aliphatic carbocycles. The summed E-state index contributed by atoms with van der Waals surface area (Å²) in [7, 11) is -11.4. The van der Waals surface area contributed by atoms with Crippen molar-refractivity contribution in [1.29, 1.82) is 0 Å². The van der Waals surface area contributed by atoms with E-state index < -0.39 is 31.1 Å². The zero-order valence-corrected chi connectivity index (χ0v) is 16.7. The number of imidazole rings is 1. The number of halogens is 7. The fourth-order valence-corrected chi connectivity index (χ4v) is 3.67. The molecule has 0 radical (unpaired) electrons. The van der Waals surface area contributed by atoms with Crippen molar-refractivity contribution >= 4 is 36.0 Å². The molecule has 0 amide bonds. The highest BCUT2D eigenvalue weighted by atomic mass is 79.9. The van der Waals surface area contributed by atoms with Crippen molar-refractivity contribution < 1.29 is 47.7 Å². The minimum atomic E-state index is -6.72. The summed E-state index contributed by atoms with van der Waals surface area (Å²) in [6, 6.07) is 8.15. The van der Waals surface area contributed by atoms with E-state index in [0.717, 1.165) is 14.3 Å². The second-order valence-electron chi connectivity index (χ2n) is 4.85. The van der Waals surface area contributed by atoms with Crippen molar-refractivity contribution in [3.63, 3.8) is 0 Å². The van der Waals surface area contributed by atoms with Gasteiger partial charge in [0.25, 0.3) is 0 Å². The van der Waals surface area contributed by atoms with E-state index in [9.17, 15) is 43.2 Å². The minimum absolute atomic E-state index is 0.778. The summed E-state index contributed by atoms with van der Waals surface area (Å²) >= 11 is 3.51. The van der Waals surface area contributed by atoms with Gasteiger partial charge in [0.1, 0.15) is 18.1 Å². The first-order valence-electron chi connectivity index (χ1n) is 6.63. The molecule has 2 aromatic rings. The van der Waals surface area contributed by atoms with Crippen molar-refractivity contribution in [2.45, 2.75) is 11.0 Å². The molecular formula is C12H10BrF6N3O4S2. The lowest BCUT2D eigenvalue weighted by Gasteiger charge is -2.22. The molecular weight excluding hydrogens is 508 g/mol. The van der Waals surface area contributed by atoms with Crippen LogP contribution in [0.5, 0.6) is 0 Å². The van der Waals surface area contributed by atoms with E-state index in [0.29, 0.717) is 0 Å². The molecule has 0 aliphatic rings. The molecule has 0 bridgehead atoms. The number of aryl methyl sites for hydroxylation is 1. The molecule has 0 atom stereocenters. The fraction of sp³-hybridized carbons (Fsp3) is 0.250. The molecule has 0 fully saturated rings. The molecule has 16 heteroatoms. The second-order valence-corrected chi connectivity index (χ2v) is 9.13. The van der Waals surface area contributed by atoms with Crippen molar-refractivity contribution in [3.05, 3.63) is 51.6 Å². The van der Waals surface area contributed by atoms with E-state index in [1.807, 2.05) is 48.5 Å². The Hall–Kier alpha value is -1.65. The summed E-state index contributed by atoms with van der Waals surface area (Å²) in [4.78, 5) is 0. The van der Waals surface area contributed by atoms with Crippen LogP contribution in [-0.2, 0) is 27.1 Å². The van der Waals surface area contributed by atoms with E-state index in [1.165, 1.54) is 0 Å². The highest BCUT2D eigenvalue weighted by Crippen LogP contribution is 2.36. The lowest BCUT2D eigenvalue weighted by molar-refractivity contribution is -0.670. The van der Waals surface area contributed by atoms with Crippen LogP contribution in [0.25, 0.3) is 9.81 Å². The zero-order valence-electron chi connectivity index (χ0n) is 13.5. The molecule has 1 aromatic heterocycles. The zero-order chi connectivity index (χ0) is 22.0. The number of aromatic nitrogens is 2. The lowest BCUT2D eigenvalue weighted by Crippen LogP contribution is -2.30. The van der Waals surface area contributed by atoms with Gasteiger partial charge in [-0.1, -0.05) is 12.1 Å². The standard InChI is InChI=1S/C10H10BrN2.C2F6NO4S2/c1-12-6-7-13(8-12)10-5-3-2-4-9(10)11;3-1(4,5)14(10,11)9-15(12,13)2(6,7)8/h2-8H,1H3;/q+1;-1. The maximum absolute atomic E-state index is 11.4. The summed E-state index contributed by atoms with van der Waals surface area (Å²) < 4.78 is 114. The monoisotopic (exact) mass is 517 g/mol. The second kappa shape index (κ2) is 8.38. The number of alkyl halides is 6. The van der Waals surface area contributed by atoms with Crippen LogP contribution < -0.4 is 4.57 Å². The average Bonchev–Trinajstić information content (AvgIpc) is 2.91. The summed E-state index contributed by atoms with van der Waals surface area (Å²) in [6.45, 7) is 0. The summed E-state index contributed by atoms with van der Waals surface area (Å²) in [5.41, 5.74) is -11.3. The van der Waals surface area contributed by atoms with Gasteiger partial charge in [-0.15, -0.1) is 0 Å². The van der Waals surface area contributed by atoms with E-state index in [2.05, 4.69) is 26.6 Å². The quantitative estimate of drug-likeness (QED) is 0.462. The predicted molar refractivity (Wildman–Crippen MR) is 88.0 cm³/mol. The molecule has 0 unspecified atom stereocenters. The Balaban J connectivity index is 0.000000281. The minimum Gasteiger partial charge on any atom is -0.421 e. The Morgan fingerprint density at radius 2 is 1.43 bits per heavy atom. The van der Waals surface area contributed by atoms with Crippen molar-refractivity contribution in [2.24, 2.45) is 7.05 Å². The van der Waals surface area contributed by atoms with Crippen LogP contribution in [0.1, 0.15) is 0 Å². The fourth-order valence-electron chi connectivity index (χ4n) is 1.47. The van der Waals surface area contributed by atoms with Crippen LogP contribution in [0.4, 0.5) is 26.3 Å².